The molecule has 0 fully saturated rings. The van der Waals surface area contributed by atoms with Crippen LogP contribution in [0.2, 0.25) is 0 Å². The molecule has 0 amide bonds. The fourth-order valence-electron chi connectivity index (χ4n) is 2.64. The van der Waals surface area contributed by atoms with Gasteiger partial charge in [-0.1, -0.05) is 76.1 Å². The number of ether oxygens (including phenoxy) is 1. The number of nitrogens with zero attached hydrogens (tertiary/aromatic N) is 2. The summed E-state index contributed by atoms with van der Waals surface area (Å²) in [6, 6.07) is 10.4. The van der Waals surface area contributed by atoms with Crippen molar-refractivity contribution in [2.24, 2.45) is 0 Å². The van der Waals surface area contributed by atoms with Gasteiger partial charge in [-0.25, -0.2) is 9.97 Å². The smallest absolute Gasteiger partial charge is 0.311 e. The molecule has 25 heavy (non-hydrogen) atoms. The molecule has 133 valence electrons. The summed E-state index contributed by atoms with van der Waals surface area (Å²) in [5, 5.41) is 0. The van der Waals surface area contributed by atoms with Gasteiger partial charge in [0.15, 0.2) is 11.6 Å². The van der Waals surface area contributed by atoms with Crippen LogP contribution in [0, 0.1) is 6.07 Å². The van der Waals surface area contributed by atoms with Gasteiger partial charge in [0.25, 0.3) is 0 Å². The molecule has 4 heteroatoms. The number of hydrogen-bond acceptors (Lipinski definition) is 4. The lowest BCUT2D eigenvalue weighted by Gasteiger charge is -2.05. The fourth-order valence-corrected chi connectivity index (χ4v) is 2.64. The number of carbonyl (C=O) groups is 1. The maximum Gasteiger partial charge on any atom is 0.311 e. The lowest BCUT2D eigenvalue weighted by Crippen LogP contribution is -2.08. The number of unbranched alkanes of at least 4 members (excludes halogenated alkanes) is 7. The molecule has 0 spiro atoms. The van der Waals surface area contributed by atoms with E-state index in [1.807, 2.05) is 24.3 Å². The van der Waals surface area contributed by atoms with E-state index >= 15 is 0 Å². The zero-order valence-corrected chi connectivity index (χ0v) is 15.0. The van der Waals surface area contributed by atoms with Crippen LogP contribution in [-0.2, 0) is 4.79 Å². The van der Waals surface area contributed by atoms with Gasteiger partial charge >= 0.3 is 5.97 Å². The third kappa shape index (κ3) is 7.46. The van der Waals surface area contributed by atoms with E-state index in [9.17, 15) is 4.79 Å². The molecule has 1 aromatic heterocycles. The predicted molar refractivity (Wildman–Crippen MR) is 99.2 cm³/mol. The highest BCUT2D eigenvalue weighted by Crippen LogP contribution is 2.16. The first-order valence-electron chi connectivity index (χ1n) is 9.29. The zero-order chi connectivity index (χ0) is 17.7. The number of esters is 1. The maximum absolute atomic E-state index is 11.9. The molecule has 1 aromatic carbocycles. The highest BCUT2D eigenvalue weighted by Gasteiger charge is 2.07. The summed E-state index contributed by atoms with van der Waals surface area (Å²) in [7, 11) is 0. The molecular weight excluding hydrogens is 312 g/mol. The molecule has 0 atom stereocenters. The van der Waals surface area contributed by atoms with Gasteiger partial charge in [-0.15, -0.1) is 0 Å². The summed E-state index contributed by atoms with van der Waals surface area (Å²) >= 11 is 0. The van der Waals surface area contributed by atoms with Crippen LogP contribution in [0.25, 0.3) is 11.4 Å². The van der Waals surface area contributed by atoms with Gasteiger partial charge in [0.05, 0.1) is 12.4 Å². The van der Waals surface area contributed by atoms with Crippen molar-refractivity contribution in [3.8, 4) is 17.1 Å². The standard InChI is InChI=1S/C21H27N2O2/c1-2-3-4-5-6-7-8-12-15-20(24)25-19-16-22-21(23-17-19)18-13-10-9-11-14-18/h10-11,13-14,16-17H,2-8,12,15H2,1H3. The van der Waals surface area contributed by atoms with Crippen LogP contribution in [0.15, 0.2) is 36.7 Å². The Bertz CT molecular complexity index is 612. The van der Waals surface area contributed by atoms with Gasteiger partial charge in [0, 0.05) is 12.0 Å². The predicted octanol–water partition coefficient (Wildman–Crippen LogP) is 5.38. The molecule has 0 saturated carbocycles. The first-order chi connectivity index (χ1) is 12.3. The van der Waals surface area contributed by atoms with Crippen LogP contribution < -0.4 is 4.74 Å². The van der Waals surface area contributed by atoms with Gasteiger partial charge in [0.1, 0.15) is 0 Å². The van der Waals surface area contributed by atoms with Gasteiger partial charge in [-0.2, -0.15) is 0 Å². The van der Waals surface area contributed by atoms with Crippen LogP contribution >= 0.6 is 0 Å². The van der Waals surface area contributed by atoms with E-state index < -0.39 is 0 Å². The van der Waals surface area contributed by atoms with Crippen molar-refractivity contribution >= 4 is 5.97 Å². The zero-order valence-electron chi connectivity index (χ0n) is 15.0. The molecule has 0 bridgehead atoms. The summed E-state index contributed by atoms with van der Waals surface area (Å²) in [5.74, 6) is 0.796. The van der Waals surface area contributed by atoms with E-state index in [4.69, 9.17) is 4.74 Å². The minimum atomic E-state index is -0.211. The van der Waals surface area contributed by atoms with Crippen molar-refractivity contribution in [3.05, 3.63) is 42.7 Å². The molecule has 0 aliphatic heterocycles. The van der Waals surface area contributed by atoms with Gasteiger partial charge in [0.2, 0.25) is 0 Å². The van der Waals surface area contributed by atoms with Gasteiger partial charge < -0.3 is 4.74 Å². The topological polar surface area (TPSA) is 52.1 Å². The number of rotatable bonds is 11. The summed E-state index contributed by atoms with van der Waals surface area (Å²) < 4.78 is 5.29. The average molecular weight is 339 g/mol. The third-order valence-corrected chi connectivity index (χ3v) is 4.07. The second-order valence-electron chi connectivity index (χ2n) is 6.23. The number of hydrogen-bond donors (Lipinski definition) is 0. The SMILES string of the molecule is CCCCCCCCCCC(=O)Oc1cnc(-c2cc[c]cc2)nc1. The van der Waals surface area contributed by atoms with Crippen molar-refractivity contribution in [2.45, 2.75) is 64.7 Å². The van der Waals surface area contributed by atoms with Crippen LogP contribution in [0.5, 0.6) is 5.75 Å². The molecule has 1 heterocycles. The number of carbonyl (C=O) groups excluding carboxylic acids is 1. The fraction of sp³-hybridized carbons (Fsp3) is 0.476. The third-order valence-electron chi connectivity index (χ3n) is 4.07. The first-order valence-corrected chi connectivity index (χ1v) is 9.29. The minimum absolute atomic E-state index is 0.211. The Morgan fingerprint density at radius 2 is 1.56 bits per heavy atom. The van der Waals surface area contributed by atoms with E-state index in [2.05, 4.69) is 23.0 Å². The average Bonchev–Trinajstić information content (AvgIpc) is 2.65. The first kappa shape index (κ1) is 19.1. The van der Waals surface area contributed by atoms with Crippen LogP contribution in [0.1, 0.15) is 64.7 Å². The normalized spacial score (nSPS) is 10.6. The van der Waals surface area contributed by atoms with Crippen molar-refractivity contribution < 1.29 is 9.53 Å². The van der Waals surface area contributed by atoms with Crippen LogP contribution in [0.3, 0.4) is 0 Å². The van der Waals surface area contributed by atoms with Crippen molar-refractivity contribution in [2.75, 3.05) is 0 Å². The highest BCUT2D eigenvalue weighted by atomic mass is 16.5. The lowest BCUT2D eigenvalue weighted by molar-refractivity contribution is -0.134. The molecule has 2 aromatic rings. The molecule has 2 rings (SSSR count). The monoisotopic (exact) mass is 339 g/mol. The Hall–Kier alpha value is -2.23. The van der Waals surface area contributed by atoms with E-state index in [0.717, 1.165) is 18.4 Å². The van der Waals surface area contributed by atoms with E-state index in [-0.39, 0.29) is 5.97 Å². The Labute approximate surface area is 150 Å². The maximum atomic E-state index is 11.9. The summed E-state index contributed by atoms with van der Waals surface area (Å²) in [5.41, 5.74) is 0.913. The van der Waals surface area contributed by atoms with Crippen molar-refractivity contribution in [1.82, 2.24) is 9.97 Å². The summed E-state index contributed by atoms with van der Waals surface area (Å²) in [4.78, 5) is 20.3. The van der Waals surface area contributed by atoms with Gasteiger partial charge in [-0.3, -0.25) is 4.79 Å². The Morgan fingerprint density at radius 1 is 0.960 bits per heavy atom. The van der Waals surface area contributed by atoms with Crippen molar-refractivity contribution in [3.63, 3.8) is 0 Å². The molecule has 0 aliphatic carbocycles. The molecule has 1 radical (unpaired) electrons. The summed E-state index contributed by atoms with van der Waals surface area (Å²) in [6.45, 7) is 2.23. The molecule has 0 unspecified atom stereocenters. The minimum Gasteiger partial charge on any atom is -0.423 e. The summed E-state index contributed by atoms with van der Waals surface area (Å²) in [6.07, 6.45) is 13.2. The highest BCUT2D eigenvalue weighted by molar-refractivity contribution is 5.72. The molecular formula is C21H27N2O2. The van der Waals surface area contributed by atoms with E-state index in [1.165, 1.54) is 38.5 Å². The largest absolute Gasteiger partial charge is 0.423 e. The quantitative estimate of drug-likeness (QED) is 0.407. The van der Waals surface area contributed by atoms with Crippen molar-refractivity contribution in [1.29, 1.82) is 0 Å². The van der Waals surface area contributed by atoms with Gasteiger partial charge in [-0.05, 0) is 12.5 Å². The molecule has 0 aliphatic rings. The Balaban J connectivity index is 1.64. The van der Waals surface area contributed by atoms with Crippen LogP contribution in [-0.4, -0.2) is 15.9 Å². The molecule has 0 saturated heterocycles. The Kier molecular flexibility index (Phi) is 8.67. The second kappa shape index (κ2) is 11.3. The molecule has 4 nitrogen and oxygen atoms in total. The van der Waals surface area contributed by atoms with E-state index in [0.29, 0.717) is 18.0 Å². The number of benzene rings is 1. The lowest BCUT2D eigenvalue weighted by atomic mass is 10.1. The Morgan fingerprint density at radius 3 is 2.20 bits per heavy atom. The number of aromatic nitrogens is 2. The van der Waals surface area contributed by atoms with E-state index in [1.54, 1.807) is 12.4 Å². The molecule has 0 N–H and O–H groups in total. The second-order valence-corrected chi connectivity index (χ2v) is 6.23. The van der Waals surface area contributed by atoms with Crippen LogP contribution in [0.4, 0.5) is 0 Å².